The van der Waals surface area contributed by atoms with E-state index in [1.54, 1.807) is 11.8 Å². The zero-order valence-electron chi connectivity index (χ0n) is 16.0. The molecule has 0 aliphatic heterocycles. The summed E-state index contributed by atoms with van der Waals surface area (Å²) < 4.78 is 14.4. The molecular formula is C21H21BrN4O2S. The van der Waals surface area contributed by atoms with Crippen LogP contribution in [-0.4, -0.2) is 27.1 Å². The largest absolute Gasteiger partial charge is 0.494 e. The lowest BCUT2D eigenvalue weighted by Gasteiger charge is -2.12. The molecule has 0 radical (unpaired) electrons. The van der Waals surface area contributed by atoms with Gasteiger partial charge in [-0.25, -0.2) is 0 Å². The van der Waals surface area contributed by atoms with Crippen molar-refractivity contribution < 1.29 is 9.47 Å². The van der Waals surface area contributed by atoms with Gasteiger partial charge in [0.2, 0.25) is 0 Å². The topological polar surface area (TPSA) is 73.0 Å². The second-order valence-electron chi connectivity index (χ2n) is 6.01. The zero-order chi connectivity index (χ0) is 20.5. The Bertz CT molecular complexity index is 952. The van der Waals surface area contributed by atoms with Crippen LogP contribution in [0, 0.1) is 11.3 Å². The van der Waals surface area contributed by atoms with Gasteiger partial charge < -0.3 is 9.47 Å². The number of nitriles is 1. The van der Waals surface area contributed by atoms with Crippen LogP contribution in [0.2, 0.25) is 0 Å². The SMILES string of the molecule is CCOc1ccc(-n2c(COc3ccc(Br)cc3)nnc2SCCCC#N)cc1. The van der Waals surface area contributed by atoms with Gasteiger partial charge in [-0.3, -0.25) is 4.57 Å². The van der Waals surface area contributed by atoms with Gasteiger partial charge in [0.25, 0.3) is 0 Å². The van der Waals surface area contributed by atoms with Gasteiger partial charge in [0.15, 0.2) is 11.0 Å². The fraction of sp³-hybridized carbons (Fsp3) is 0.286. The van der Waals surface area contributed by atoms with Crippen molar-refractivity contribution in [2.24, 2.45) is 0 Å². The van der Waals surface area contributed by atoms with Gasteiger partial charge in [-0.2, -0.15) is 5.26 Å². The van der Waals surface area contributed by atoms with E-state index in [1.807, 2.05) is 60.0 Å². The Balaban J connectivity index is 1.81. The smallest absolute Gasteiger partial charge is 0.195 e. The molecule has 2 aromatic carbocycles. The first-order valence-corrected chi connectivity index (χ1v) is 11.0. The third kappa shape index (κ3) is 5.99. The van der Waals surface area contributed by atoms with E-state index in [4.69, 9.17) is 14.7 Å². The number of halogens is 1. The van der Waals surface area contributed by atoms with Gasteiger partial charge in [0.1, 0.15) is 18.1 Å². The molecule has 0 N–H and O–H groups in total. The highest BCUT2D eigenvalue weighted by Gasteiger charge is 2.15. The molecular weight excluding hydrogens is 452 g/mol. The minimum absolute atomic E-state index is 0.292. The summed E-state index contributed by atoms with van der Waals surface area (Å²) in [7, 11) is 0. The Morgan fingerprint density at radius 1 is 1.03 bits per heavy atom. The molecule has 150 valence electrons. The lowest BCUT2D eigenvalue weighted by molar-refractivity contribution is 0.292. The molecule has 0 atom stereocenters. The molecule has 0 saturated heterocycles. The van der Waals surface area contributed by atoms with Gasteiger partial charge >= 0.3 is 0 Å². The molecule has 0 saturated carbocycles. The summed E-state index contributed by atoms with van der Waals surface area (Å²) in [5.41, 5.74) is 0.940. The second-order valence-corrected chi connectivity index (χ2v) is 7.99. The maximum absolute atomic E-state index is 8.74. The quantitative estimate of drug-likeness (QED) is 0.290. The highest BCUT2D eigenvalue weighted by atomic mass is 79.9. The van der Waals surface area contributed by atoms with Crippen LogP contribution >= 0.6 is 27.7 Å². The first-order valence-electron chi connectivity index (χ1n) is 9.27. The van der Waals surface area contributed by atoms with Crippen molar-refractivity contribution in [2.45, 2.75) is 31.5 Å². The Labute approximate surface area is 183 Å². The van der Waals surface area contributed by atoms with Crippen LogP contribution in [0.4, 0.5) is 0 Å². The molecule has 8 heteroatoms. The number of hydrogen-bond acceptors (Lipinski definition) is 6. The van der Waals surface area contributed by atoms with E-state index in [9.17, 15) is 0 Å². The van der Waals surface area contributed by atoms with Crippen LogP contribution in [0.15, 0.2) is 58.2 Å². The predicted molar refractivity (Wildman–Crippen MR) is 117 cm³/mol. The summed E-state index contributed by atoms with van der Waals surface area (Å²) in [4.78, 5) is 0. The molecule has 29 heavy (non-hydrogen) atoms. The zero-order valence-corrected chi connectivity index (χ0v) is 18.4. The van der Waals surface area contributed by atoms with Crippen molar-refractivity contribution >= 4 is 27.7 Å². The summed E-state index contributed by atoms with van der Waals surface area (Å²) in [5, 5.41) is 18.2. The highest BCUT2D eigenvalue weighted by Crippen LogP contribution is 2.25. The molecule has 0 fully saturated rings. The molecule has 6 nitrogen and oxygen atoms in total. The highest BCUT2D eigenvalue weighted by molar-refractivity contribution is 9.10. The molecule has 1 heterocycles. The average Bonchev–Trinajstić information content (AvgIpc) is 3.14. The molecule has 0 unspecified atom stereocenters. The van der Waals surface area contributed by atoms with Crippen molar-refractivity contribution in [3.63, 3.8) is 0 Å². The number of thioether (sulfide) groups is 1. The first-order chi connectivity index (χ1) is 14.2. The van der Waals surface area contributed by atoms with Gasteiger partial charge in [-0.15, -0.1) is 10.2 Å². The Morgan fingerprint density at radius 2 is 1.72 bits per heavy atom. The summed E-state index contributed by atoms with van der Waals surface area (Å²) in [5.74, 6) is 3.09. The van der Waals surface area contributed by atoms with Gasteiger partial charge in [0.05, 0.1) is 12.7 Å². The summed E-state index contributed by atoms with van der Waals surface area (Å²) in [6.07, 6.45) is 1.34. The van der Waals surface area contributed by atoms with Gasteiger partial charge in [-0.05, 0) is 61.9 Å². The minimum atomic E-state index is 0.292. The molecule has 3 aromatic rings. The number of rotatable bonds is 10. The molecule has 0 amide bonds. The third-order valence-corrected chi connectivity index (χ3v) is 5.50. The van der Waals surface area contributed by atoms with E-state index in [0.717, 1.165) is 39.0 Å². The van der Waals surface area contributed by atoms with Crippen LogP contribution in [0.3, 0.4) is 0 Å². The molecule has 0 aliphatic rings. The number of ether oxygens (including phenoxy) is 2. The van der Waals surface area contributed by atoms with Gasteiger partial charge in [-0.1, -0.05) is 27.7 Å². The number of aromatic nitrogens is 3. The molecule has 1 aromatic heterocycles. The normalized spacial score (nSPS) is 10.5. The molecule has 0 spiro atoms. The standard InChI is InChI=1S/C21H21BrN4O2S/c1-2-27-18-11-7-17(8-12-18)26-20(15-28-19-9-5-16(22)6-10-19)24-25-21(26)29-14-4-3-13-23/h5-12H,2-4,14-15H2,1H3. The van der Waals surface area contributed by atoms with Crippen molar-refractivity contribution in [2.75, 3.05) is 12.4 Å². The molecule has 0 bridgehead atoms. The van der Waals surface area contributed by atoms with Crippen LogP contribution in [-0.2, 0) is 6.61 Å². The van der Waals surface area contributed by atoms with E-state index in [0.29, 0.717) is 25.5 Å². The molecule has 0 aliphatic carbocycles. The fourth-order valence-electron chi connectivity index (χ4n) is 2.60. The average molecular weight is 473 g/mol. The minimum Gasteiger partial charge on any atom is -0.494 e. The Kier molecular flexibility index (Phi) is 7.96. The van der Waals surface area contributed by atoms with Crippen molar-refractivity contribution in [1.82, 2.24) is 14.8 Å². The van der Waals surface area contributed by atoms with Crippen molar-refractivity contribution in [3.8, 4) is 23.3 Å². The van der Waals surface area contributed by atoms with E-state index in [1.165, 1.54) is 0 Å². The summed E-state index contributed by atoms with van der Waals surface area (Å²) in [6.45, 7) is 2.88. The number of hydrogen-bond donors (Lipinski definition) is 0. The van der Waals surface area contributed by atoms with Crippen LogP contribution in [0.1, 0.15) is 25.6 Å². The number of benzene rings is 2. The van der Waals surface area contributed by atoms with Crippen molar-refractivity contribution in [1.29, 1.82) is 5.26 Å². The van der Waals surface area contributed by atoms with Crippen LogP contribution in [0.5, 0.6) is 11.5 Å². The van der Waals surface area contributed by atoms with E-state index < -0.39 is 0 Å². The van der Waals surface area contributed by atoms with E-state index >= 15 is 0 Å². The second kappa shape index (κ2) is 10.9. The first kappa shape index (κ1) is 21.2. The Hall–Kier alpha value is -2.50. The van der Waals surface area contributed by atoms with Crippen molar-refractivity contribution in [3.05, 3.63) is 58.8 Å². The fourth-order valence-corrected chi connectivity index (χ4v) is 3.77. The number of unbranched alkanes of at least 4 members (excludes halogenated alkanes) is 1. The maximum Gasteiger partial charge on any atom is 0.195 e. The predicted octanol–water partition coefficient (Wildman–Crippen LogP) is 5.40. The molecule has 3 rings (SSSR count). The lowest BCUT2D eigenvalue weighted by atomic mass is 10.3. The maximum atomic E-state index is 8.74. The lowest BCUT2D eigenvalue weighted by Crippen LogP contribution is -2.07. The Morgan fingerprint density at radius 3 is 2.41 bits per heavy atom. The van der Waals surface area contributed by atoms with Crippen LogP contribution in [0.25, 0.3) is 5.69 Å². The third-order valence-electron chi connectivity index (χ3n) is 3.95. The van der Waals surface area contributed by atoms with Gasteiger partial charge in [0, 0.05) is 22.3 Å². The van der Waals surface area contributed by atoms with Crippen LogP contribution < -0.4 is 9.47 Å². The summed E-state index contributed by atoms with van der Waals surface area (Å²) in [6, 6.07) is 17.7. The summed E-state index contributed by atoms with van der Waals surface area (Å²) >= 11 is 5.01. The number of nitrogens with zero attached hydrogens (tertiary/aromatic N) is 4. The van der Waals surface area contributed by atoms with E-state index in [2.05, 4.69) is 32.2 Å². The van der Waals surface area contributed by atoms with E-state index in [-0.39, 0.29) is 0 Å². The monoisotopic (exact) mass is 472 g/mol.